The summed E-state index contributed by atoms with van der Waals surface area (Å²) in [5.41, 5.74) is 2.03. The van der Waals surface area contributed by atoms with Crippen LogP contribution < -0.4 is 15.0 Å². The van der Waals surface area contributed by atoms with Crippen LogP contribution >= 0.6 is 0 Å². The van der Waals surface area contributed by atoms with Crippen LogP contribution in [-0.4, -0.2) is 29.8 Å². The number of nitrogens with zero attached hydrogens (tertiary/aromatic N) is 1. The Bertz CT molecular complexity index is 1570. The zero-order valence-electron chi connectivity index (χ0n) is 20.3. The molecule has 0 spiro atoms. The lowest BCUT2D eigenvalue weighted by Gasteiger charge is -2.26. The highest BCUT2D eigenvalue weighted by atomic mass is 16.5. The van der Waals surface area contributed by atoms with Crippen LogP contribution in [0.1, 0.15) is 24.1 Å². The van der Waals surface area contributed by atoms with Crippen molar-refractivity contribution in [1.82, 2.24) is 0 Å². The molecule has 2 N–H and O–H groups in total. The Morgan fingerprint density at radius 3 is 2.32 bits per heavy atom. The van der Waals surface area contributed by atoms with Crippen molar-refractivity contribution >= 4 is 45.5 Å². The number of ketones is 1. The quantitative estimate of drug-likeness (QED) is 0.220. The minimum Gasteiger partial charge on any atom is -0.507 e. The van der Waals surface area contributed by atoms with Gasteiger partial charge in [0.1, 0.15) is 11.5 Å². The molecule has 1 aliphatic rings. The Morgan fingerprint density at radius 1 is 0.892 bits per heavy atom. The molecule has 7 nitrogen and oxygen atoms in total. The number of ether oxygens (including phenoxy) is 1. The maximum Gasteiger partial charge on any atom is 0.300 e. The molecule has 0 bridgehead atoms. The van der Waals surface area contributed by atoms with Gasteiger partial charge in [-0.25, -0.2) is 0 Å². The molecule has 1 atom stereocenters. The molecule has 1 saturated heterocycles. The second-order valence-electron chi connectivity index (χ2n) is 8.74. The Balaban J connectivity index is 1.68. The second-order valence-corrected chi connectivity index (χ2v) is 8.74. The Hall–Kier alpha value is -4.91. The van der Waals surface area contributed by atoms with Crippen molar-refractivity contribution in [3.63, 3.8) is 0 Å². The SMILES string of the molecule is COc1cccc(C2/C(=C(/O)c3ccc4ccccc4c3)C(=O)C(=O)N2c2ccc(NC(C)=O)cc2)c1. The van der Waals surface area contributed by atoms with Gasteiger partial charge in [-0.05, 0) is 58.8 Å². The zero-order chi connectivity index (χ0) is 26.1. The number of nitrogens with one attached hydrogen (secondary N) is 1. The molecule has 0 radical (unpaired) electrons. The predicted octanol–water partition coefficient (Wildman–Crippen LogP) is 5.43. The number of amides is 2. The number of rotatable bonds is 5. The first-order valence-electron chi connectivity index (χ1n) is 11.7. The van der Waals surface area contributed by atoms with Crippen LogP contribution in [0.5, 0.6) is 5.75 Å². The third-order valence-electron chi connectivity index (χ3n) is 6.34. The molecule has 0 saturated carbocycles. The molecule has 184 valence electrons. The van der Waals surface area contributed by atoms with Crippen molar-refractivity contribution < 1.29 is 24.2 Å². The van der Waals surface area contributed by atoms with Crippen LogP contribution in [0.25, 0.3) is 16.5 Å². The van der Waals surface area contributed by atoms with E-state index in [-0.39, 0.29) is 17.2 Å². The minimum absolute atomic E-state index is 0.0144. The van der Waals surface area contributed by atoms with Gasteiger partial charge in [0.25, 0.3) is 11.7 Å². The number of Topliss-reactive ketones (excluding diaryl/α,β-unsaturated/α-hetero) is 1. The molecular weight excluding hydrogens is 468 g/mol. The van der Waals surface area contributed by atoms with Gasteiger partial charge in [-0.3, -0.25) is 19.3 Å². The van der Waals surface area contributed by atoms with E-state index < -0.39 is 17.7 Å². The van der Waals surface area contributed by atoms with Crippen molar-refractivity contribution in [2.75, 3.05) is 17.3 Å². The molecule has 1 unspecified atom stereocenters. The minimum atomic E-state index is -0.895. The molecule has 1 heterocycles. The maximum absolute atomic E-state index is 13.4. The summed E-state index contributed by atoms with van der Waals surface area (Å²) in [6.07, 6.45) is 0. The van der Waals surface area contributed by atoms with E-state index in [1.807, 2.05) is 30.3 Å². The third-order valence-corrected chi connectivity index (χ3v) is 6.34. The van der Waals surface area contributed by atoms with Gasteiger partial charge in [-0.1, -0.05) is 48.5 Å². The number of carbonyl (C=O) groups excluding carboxylic acids is 3. The number of aliphatic hydroxyl groups is 1. The Morgan fingerprint density at radius 2 is 1.62 bits per heavy atom. The van der Waals surface area contributed by atoms with E-state index in [1.165, 1.54) is 18.9 Å². The number of methoxy groups -OCH3 is 1. The number of carbonyl (C=O) groups is 3. The fourth-order valence-corrected chi connectivity index (χ4v) is 4.63. The van der Waals surface area contributed by atoms with Gasteiger partial charge >= 0.3 is 0 Å². The summed E-state index contributed by atoms with van der Waals surface area (Å²) in [6, 6.07) is 25.9. The average molecular weight is 493 g/mol. The van der Waals surface area contributed by atoms with Crippen LogP contribution in [0.3, 0.4) is 0 Å². The fourth-order valence-electron chi connectivity index (χ4n) is 4.63. The highest BCUT2D eigenvalue weighted by molar-refractivity contribution is 6.51. The molecule has 7 heteroatoms. The molecule has 5 rings (SSSR count). The standard InChI is InChI=1S/C30H24N2O5/c1-18(33)31-23-12-14-24(15-13-23)32-27(21-8-5-9-25(17-21)37-2)26(29(35)30(32)36)28(34)22-11-10-19-6-3-4-7-20(19)16-22/h3-17,27,34H,1-2H3,(H,31,33)/b28-26-. The fraction of sp³-hybridized carbons (Fsp3) is 0.100. The lowest BCUT2D eigenvalue weighted by molar-refractivity contribution is -0.132. The van der Waals surface area contributed by atoms with Crippen molar-refractivity contribution in [3.05, 3.63) is 108 Å². The molecule has 1 aliphatic heterocycles. The van der Waals surface area contributed by atoms with Crippen molar-refractivity contribution in [2.24, 2.45) is 0 Å². The lowest BCUT2D eigenvalue weighted by Crippen LogP contribution is -2.29. The third kappa shape index (κ3) is 4.43. The first kappa shape index (κ1) is 23.8. The summed E-state index contributed by atoms with van der Waals surface area (Å²) in [5.74, 6) is -1.48. The van der Waals surface area contributed by atoms with Gasteiger partial charge in [-0.15, -0.1) is 0 Å². The average Bonchev–Trinajstić information content (AvgIpc) is 3.18. The summed E-state index contributed by atoms with van der Waals surface area (Å²) in [4.78, 5) is 39.6. The van der Waals surface area contributed by atoms with E-state index in [9.17, 15) is 19.5 Å². The zero-order valence-corrected chi connectivity index (χ0v) is 20.3. The van der Waals surface area contributed by atoms with Crippen LogP contribution in [-0.2, 0) is 14.4 Å². The first-order valence-corrected chi connectivity index (χ1v) is 11.7. The van der Waals surface area contributed by atoms with E-state index in [1.54, 1.807) is 60.7 Å². The largest absolute Gasteiger partial charge is 0.507 e. The smallest absolute Gasteiger partial charge is 0.300 e. The van der Waals surface area contributed by atoms with Crippen LogP contribution in [0, 0.1) is 0 Å². The summed E-state index contributed by atoms with van der Waals surface area (Å²) in [6.45, 7) is 1.40. The maximum atomic E-state index is 13.4. The van der Waals surface area contributed by atoms with Gasteiger partial charge in [-0.2, -0.15) is 0 Å². The molecule has 2 amide bonds. The molecule has 4 aromatic carbocycles. The van der Waals surface area contributed by atoms with Gasteiger partial charge in [0.05, 0.1) is 18.7 Å². The number of fused-ring (bicyclic) bond motifs is 1. The lowest BCUT2D eigenvalue weighted by atomic mass is 9.94. The van der Waals surface area contributed by atoms with Gasteiger partial charge in [0, 0.05) is 23.9 Å². The number of hydrogen-bond donors (Lipinski definition) is 2. The Kier molecular flexibility index (Phi) is 6.19. The van der Waals surface area contributed by atoms with Crippen molar-refractivity contribution in [2.45, 2.75) is 13.0 Å². The summed E-state index contributed by atoms with van der Waals surface area (Å²) >= 11 is 0. The van der Waals surface area contributed by atoms with Crippen molar-refractivity contribution in [3.8, 4) is 5.75 Å². The van der Waals surface area contributed by atoms with E-state index in [2.05, 4.69) is 5.32 Å². The van der Waals surface area contributed by atoms with Crippen molar-refractivity contribution in [1.29, 1.82) is 0 Å². The van der Waals surface area contributed by atoms with E-state index in [0.29, 0.717) is 28.3 Å². The van der Waals surface area contributed by atoms with E-state index in [0.717, 1.165) is 10.8 Å². The number of hydrogen-bond acceptors (Lipinski definition) is 5. The Labute approximate surface area is 213 Å². The molecule has 0 aliphatic carbocycles. The van der Waals surface area contributed by atoms with Gasteiger partial charge in [0.15, 0.2) is 0 Å². The van der Waals surface area contributed by atoms with E-state index in [4.69, 9.17) is 4.74 Å². The van der Waals surface area contributed by atoms with Gasteiger partial charge in [0.2, 0.25) is 5.91 Å². The normalized spacial score (nSPS) is 16.7. The number of aliphatic hydroxyl groups excluding tert-OH is 1. The first-order chi connectivity index (χ1) is 17.9. The monoisotopic (exact) mass is 492 g/mol. The molecule has 1 fully saturated rings. The molecule has 37 heavy (non-hydrogen) atoms. The highest BCUT2D eigenvalue weighted by Crippen LogP contribution is 2.43. The summed E-state index contributed by atoms with van der Waals surface area (Å²) < 4.78 is 5.38. The predicted molar refractivity (Wildman–Crippen MR) is 142 cm³/mol. The van der Waals surface area contributed by atoms with Crippen LogP contribution in [0.15, 0.2) is 96.6 Å². The number of benzene rings is 4. The topological polar surface area (TPSA) is 95.9 Å². The number of anilines is 2. The van der Waals surface area contributed by atoms with E-state index >= 15 is 0 Å². The second kappa shape index (κ2) is 9.62. The summed E-state index contributed by atoms with van der Waals surface area (Å²) in [5, 5.41) is 16.0. The molecule has 0 aromatic heterocycles. The van der Waals surface area contributed by atoms with Gasteiger partial charge < -0.3 is 15.2 Å². The summed E-state index contributed by atoms with van der Waals surface area (Å²) in [7, 11) is 1.53. The molecular formula is C30H24N2O5. The van der Waals surface area contributed by atoms with Crippen LogP contribution in [0.4, 0.5) is 11.4 Å². The van der Waals surface area contributed by atoms with Crippen LogP contribution in [0.2, 0.25) is 0 Å². The molecule has 4 aromatic rings. The highest BCUT2D eigenvalue weighted by Gasteiger charge is 2.47.